The monoisotopic (exact) mass is 804 g/mol. The second-order valence-electron chi connectivity index (χ2n) is 16.3. The van der Waals surface area contributed by atoms with E-state index in [0.717, 1.165) is 88.1 Å². The zero-order valence-electron chi connectivity index (χ0n) is 33.6. The van der Waals surface area contributed by atoms with Crippen LogP contribution in [0.3, 0.4) is 0 Å². The third-order valence-electron chi connectivity index (χ3n) is 12.8. The number of hydrogen-bond donors (Lipinski definition) is 0. The minimum absolute atomic E-state index is 0.571. The predicted octanol–water partition coefficient (Wildman–Crippen LogP) is 15.2. The second kappa shape index (κ2) is 12.9. The van der Waals surface area contributed by atoms with Gasteiger partial charge in [-0.2, -0.15) is 0 Å². The summed E-state index contributed by atoms with van der Waals surface area (Å²) >= 11 is 0. The lowest BCUT2D eigenvalue weighted by Crippen LogP contribution is -2.00. The maximum atomic E-state index is 6.81. The fourth-order valence-electron chi connectivity index (χ4n) is 9.85. The van der Waals surface area contributed by atoms with E-state index in [1.165, 1.54) is 32.3 Å². The largest absolute Gasteiger partial charge is 0.456 e. The molecule has 0 aliphatic heterocycles. The zero-order valence-corrected chi connectivity index (χ0v) is 33.6. The van der Waals surface area contributed by atoms with Gasteiger partial charge in [0.1, 0.15) is 22.3 Å². The van der Waals surface area contributed by atoms with Crippen molar-refractivity contribution in [2.24, 2.45) is 0 Å². The Morgan fingerprint density at radius 3 is 1.63 bits per heavy atom. The molecular weight excluding hydrogens is 773 g/mol. The Hall–Kier alpha value is -8.61. The molecule has 4 heterocycles. The molecule has 6 nitrogen and oxygen atoms in total. The van der Waals surface area contributed by atoms with Gasteiger partial charge in [0.25, 0.3) is 0 Å². The Labute approximate surface area is 358 Å². The van der Waals surface area contributed by atoms with Crippen LogP contribution in [0, 0.1) is 0 Å². The molecule has 0 atom stereocenters. The summed E-state index contributed by atoms with van der Waals surface area (Å²) in [5, 5.41) is 13.4. The van der Waals surface area contributed by atoms with Crippen molar-refractivity contribution in [2.75, 3.05) is 0 Å². The first-order valence-corrected chi connectivity index (χ1v) is 21.2. The third kappa shape index (κ3) is 5.09. The van der Waals surface area contributed by atoms with Gasteiger partial charge in [-0.25, -0.2) is 15.0 Å². The highest BCUT2D eigenvalue weighted by atomic mass is 16.3. The predicted molar refractivity (Wildman–Crippen MR) is 258 cm³/mol. The van der Waals surface area contributed by atoms with Crippen molar-refractivity contribution in [3.05, 3.63) is 194 Å². The first-order chi connectivity index (χ1) is 31.2. The van der Waals surface area contributed by atoms with Crippen LogP contribution in [0.1, 0.15) is 0 Å². The van der Waals surface area contributed by atoms with Crippen LogP contribution in [-0.4, -0.2) is 19.5 Å². The SMILES string of the molecule is c1ccc(-c2nc(-c3ccc4oc5c6ccccc6c(-n6c7cc8ccccc8cc7c7cc8ccccc8cc76)cc5c4c3)nc(-c3cccc4oc5ccccc5c34)n2)cc1. The number of fused-ring (bicyclic) bond motifs is 13. The van der Waals surface area contributed by atoms with Crippen LogP contribution in [0.15, 0.2) is 203 Å². The first kappa shape index (κ1) is 34.1. The van der Waals surface area contributed by atoms with Gasteiger partial charge in [0.15, 0.2) is 17.5 Å². The summed E-state index contributed by atoms with van der Waals surface area (Å²) in [6.45, 7) is 0. The molecule has 0 bridgehead atoms. The van der Waals surface area contributed by atoms with Gasteiger partial charge in [-0.05, 0) is 82.2 Å². The number of para-hydroxylation sites is 1. The minimum atomic E-state index is 0.571. The summed E-state index contributed by atoms with van der Waals surface area (Å²) in [7, 11) is 0. The topological polar surface area (TPSA) is 69.9 Å². The fourth-order valence-corrected chi connectivity index (χ4v) is 9.85. The van der Waals surface area contributed by atoms with Crippen molar-refractivity contribution >= 4 is 98.0 Å². The first-order valence-electron chi connectivity index (χ1n) is 21.2. The van der Waals surface area contributed by atoms with E-state index in [-0.39, 0.29) is 0 Å². The molecule has 0 spiro atoms. The van der Waals surface area contributed by atoms with Crippen LogP contribution in [0.4, 0.5) is 0 Å². The number of benzene rings is 10. The number of furan rings is 2. The van der Waals surface area contributed by atoms with Crippen molar-refractivity contribution in [3.8, 4) is 39.9 Å². The van der Waals surface area contributed by atoms with E-state index in [4.69, 9.17) is 23.8 Å². The van der Waals surface area contributed by atoms with Gasteiger partial charge >= 0.3 is 0 Å². The van der Waals surface area contributed by atoms with Crippen molar-refractivity contribution < 1.29 is 8.83 Å². The lowest BCUT2D eigenvalue weighted by atomic mass is 10.0. The molecule has 0 aliphatic rings. The van der Waals surface area contributed by atoms with Crippen molar-refractivity contribution in [1.82, 2.24) is 19.5 Å². The molecule has 0 fully saturated rings. The van der Waals surface area contributed by atoms with Gasteiger partial charge in [0.2, 0.25) is 0 Å². The maximum absolute atomic E-state index is 6.81. The van der Waals surface area contributed by atoms with Gasteiger partial charge in [-0.3, -0.25) is 0 Å². The molecule has 0 amide bonds. The average Bonchev–Trinajstić information content (AvgIpc) is 4.01. The molecule has 292 valence electrons. The standard InChI is InChI=1S/C57H32N4O2/c1-2-13-33(14-3-1)55-58-56(60-57(59-55)42-22-12-24-52-53(42)41-21-10-11-23-50(41)62-52)38-25-26-51-45(29-38)46-32-49(39-19-8-9-20-40(39)54(46)63-51)61-47-30-36-17-6-4-15-34(36)27-43(47)44-28-35-16-5-7-18-37(35)31-48(44)61/h1-32H. The van der Waals surface area contributed by atoms with E-state index in [1.807, 2.05) is 66.7 Å². The van der Waals surface area contributed by atoms with Gasteiger partial charge in [0.05, 0.1) is 16.7 Å². The van der Waals surface area contributed by atoms with Crippen LogP contribution in [0.2, 0.25) is 0 Å². The summed E-state index contributed by atoms with van der Waals surface area (Å²) < 4.78 is 15.6. The van der Waals surface area contributed by atoms with E-state index in [9.17, 15) is 0 Å². The summed E-state index contributed by atoms with van der Waals surface area (Å²) in [5.41, 5.74) is 9.30. The van der Waals surface area contributed by atoms with Gasteiger partial charge < -0.3 is 13.4 Å². The normalized spacial score (nSPS) is 12.1. The maximum Gasteiger partial charge on any atom is 0.164 e. The van der Waals surface area contributed by atoms with Crippen LogP contribution >= 0.6 is 0 Å². The van der Waals surface area contributed by atoms with Gasteiger partial charge in [0, 0.05) is 59.8 Å². The summed E-state index contributed by atoms with van der Waals surface area (Å²) in [5.74, 6) is 1.74. The van der Waals surface area contributed by atoms with E-state index in [1.54, 1.807) is 0 Å². The van der Waals surface area contributed by atoms with Crippen LogP contribution in [-0.2, 0) is 0 Å². The Bertz CT molecular complexity index is 4120. The van der Waals surface area contributed by atoms with Crippen molar-refractivity contribution in [3.63, 3.8) is 0 Å². The highest BCUT2D eigenvalue weighted by molar-refractivity contribution is 6.21. The number of rotatable bonds is 4. The van der Waals surface area contributed by atoms with Crippen molar-refractivity contribution in [2.45, 2.75) is 0 Å². The molecule has 0 aliphatic carbocycles. The summed E-state index contributed by atoms with van der Waals surface area (Å²) in [4.78, 5) is 15.5. The van der Waals surface area contributed by atoms with E-state index < -0.39 is 0 Å². The van der Waals surface area contributed by atoms with Crippen LogP contribution < -0.4 is 0 Å². The Kier molecular flexibility index (Phi) is 7.02. The van der Waals surface area contributed by atoms with Crippen molar-refractivity contribution in [1.29, 1.82) is 0 Å². The van der Waals surface area contributed by atoms with E-state index in [0.29, 0.717) is 17.5 Å². The van der Waals surface area contributed by atoms with Crippen LogP contribution in [0.5, 0.6) is 0 Å². The lowest BCUT2D eigenvalue weighted by Gasteiger charge is -2.13. The molecule has 10 aromatic carbocycles. The number of nitrogens with zero attached hydrogens (tertiary/aromatic N) is 4. The lowest BCUT2D eigenvalue weighted by molar-refractivity contribution is 0.669. The molecule has 0 radical (unpaired) electrons. The molecule has 63 heavy (non-hydrogen) atoms. The molecule has 0 saturated heterocycles. The van der Waals surface area contributed by atoms with E-state index >= 15 is 0 Å². The van der Waals surface area contributed by atoms with Crippen LogP contribution in [0.25, 0.3) is 138 Å². The Morgan fingerprint density at radius 1 is 0.333 bits per heavy atom. The molecule has 0 saturated carbocycles. The molecule has 4 aromatic heterocycles. The average molecular weight is 805 g/mol. The highest BCUT2D eigenvalue weighted by Gasteiger charge is 2.22. The minimum Gasteiger partial charge on any atom is -0.456 e. The number of hydrogen-bond acceptors (Lipinski definition) is 5. The quantitative estimate of drug-likeness (QED) is 0.177. The van der Waals surface area contributed by atoms with Gasteiger partial charge in [-0.1, -0.05) is 133 Å². The molecule has 6 heteroatoms. The van der Waals surface area contributed by atoms with E-state index in [2.05, 4.69) is 132 Å². The zero-order chi connectivity index (χ0) is 41.2. The molecule has 0 unspecified atom stereocenters. The Balaban J connectivity index is 1.03. The smallest absolute Gasteiger partial charge is 0.164 e. The summed E-state index contributed by atoms with van der Waals surface area (Å²) in [6, 6.07) is 68.1. The molecule has 14 rings (SSSR count). The third-order valence-corrected chi connectivity index (χ3v) is 12.8. The second-order valence-corrected chi connectivity index (χ2v) is 16.3. The molecular formula is C57H32N4O2. The molecule has 14 aromatic rings. The molecule has 0 N–H and O–H groups in total. The summed E-state index contributed by atoms with van der Waals surface area (Å²) in [6.07, 6.45) is 0. The number of aromatic nitrogens is 4. The van der Waals surface area contributed by atoms with Gasteiger partial charge in [-0.15, -0.1) is 0 Å². The fraction of sp³-hybridized carbons (Fsp3) is 0. The highest BCUT2D eigenvalue weighted by Crippen LogP contribution is 2.44. The Morgan fingerprint density at radius 2 is 0.905 bits per heavy atom.